The average molecular weight is 469 g/mol. The van der Waals surface area contributed by atoms with Gasteiger partial charge in [-0.1, -0.05) is 72.3 Å². The van der Waals surface area contributed by atoms with E-state index >= 15 is 0 Å². The summed E-state index contributed by atoms with van der Waals surface area (Å²) in [4.78, 5) is 15.4. The van der Waals surface area contributed by atoms with Crippen LogP contribution in [0.5, 0.6) is 0 Å². The van der Waals surface area contributed by atoms with E-state index in [0.717, 1.165) is 53.3 Å². The number of amides is 1. The molecule has 0 radical (unpaired) electrons. The molecule has 1 saturated heterocycles. The summed E-state index contributed by atoms with van der Waals surface area (Å²) in [7, 11) is 0. The molecule has 0 bridgehead atoms. The summed E-state index contributed by atoms with van der Waals surface area (Å²) >= 11 is 5.98. The van der Waals surface area contributed by atoms with Gasteiger partial charge in [-0.3, -0.25) is 4.79 Å². The number of carbonyl (C=O) groups excluding carboxylic acids is 1. The Hall–Kier alpha value is -3.70. The zero-order valence-electron chi connectivity index (χ0n) is 18.7. The molecule has 1 aliphatic rings. The van der Waals surface area contributed by atoms with Crippen LogP contribution >= 0.6 is 11.6 Å². The third-order valence-electron chi connectivity index (χ3n) is 6.18. The van der Waals surface area contributed by atoms with Gasteiger partial charge in [-0.15, -0.1) is 10.2 Å². The molecule has 5 rings (SSSR count). The van der Waals surface area contributed by atoms with E-state index in [-0.39, 0.29) is 11.8 Å². The van der Waals surface area contributed by atoms with Gasteiger partial charge in [0.2, 0.25) is 5.91 Å². The number of nitrogens with zero attached hydrogens (tertiary/aromatic N) is 3. The Balaban J connectivity index is 1.28. The van der Waals surface area contributed by atoms with E-state index in [2.05, 4.69) is 32.5 Å². The van der Waals surface area contributed by atoms with Gasteiger partial charge in [-0.05, 0) is 48.7 Å². The quantitative estimate of drug-likeness (QED) is 0.372. The highest BCUT2D eigenvalue weighted by Crippen LogP contribution is 2.29. The van der Waals surface area contributed by atoms with Crippen molar-refractivity contribution in [2.75, 3.05) is 23.3 Å². The van der Waals surface area contributed by atoms with Gasteiger partial charge in [0.1, 0.15) is 0 Å². The van der Waals surface area contributed by atoms with Crippen molar-refractivity contribution in [3.8, 4) is 22.4 Å². The van der Waals surface area contributed by atoms with Gasteiger partial charge in [0, 0.05) is 34.9 Å². The summed E-state index contributed by atoms with van der Waals surface area (Å²) in [5, 5.41) is 12.7. The molecule has 1 atom stereocenters. The molecule has 2 heterocycles. The van der Waals surface area contributed by atoms with E-state index in [4.69, 9.17) is 11.6 Å². The molecular formula is C28H25ClN4O. The van der Waals surface area contributed by atoms with Crippen molar-refractivity contribution >= 4 is 29.0 Å². The van der Waals surface area contributed by atoms with E-state index in [0.29, 0.717) is 11.6 Å². The number of aromatic nitrogens is 2. The summed E-state index contributed by atoms with van der Waals surface area (Å²) in [6, 6.07) is 29.5. The predicted octanol–water partition coefficient (Wildman–Crippen LogP) is 6.32. The molecule has 34 heavy (non-hydrogen) atoms. The Morgan fingerprint density at radius 3 is 2.38 bits per heavy atom. The second-order valence-corrected chi connectivity index (χ2v) is 8.91. The second-order valence-electron chi connectivity index (χ2n) is 8.47. The third-order valence-corrected chi connectivity index (χ3v) is 6.43. The second kappa shape index (κ2) is 10.1. The zero-order chi connectivity index (χ0) is 23.3. The Morgan fingerprint density at radius 1 is 0.853 bits per heavy atom. The molecule has 0 spiro atoms. The number of nitrogens with one attached hydrogen (secondary N) is 1. The predicted molar refractivity (Wildman–Crippen MR) is 138 cm³/mol. The van der Waals surface area contributed by atoms with Gasteiger partial charge >= 0.3 is 0 Å². The minimum Gasteiger partial charge on any atom is -0.354 e. The number of benzene rings is 3. The molecule has 0 aliphatic carbocycles. The normalized spacial score (nSPS) is 15.7. The van der Waals surface area contributed by atoms with Crippen LogP contribution in [0.4, 0.5) is 11.5 Å². The average Bonchev–Trinajstić information content (AvgIpc) is 2.90. The molecule has 1 unspecified atom stereocenters. The topological polar surface area (TPSA) is 58.1 Å². The Kier molecular flexibility index (Phi) is 6.54. The lowest BCUT2D eigenvalue weighted by molar-refractivity contribution is -0.120. The van der Waals surface area contributed by atoms with Gasteiger partial charge in [0.15, 0.2) is 5.82 Å². The van der Waals surface area contributed by atoms with Gasteiger partial charge < -0.3 is 10.2 Å². The number of hydrogen-bond acceptors (Lipinski definition) is 4. The Bertz CT molecular complexity index is 1260. The maximum atomic E-state index is 13.2. The number of rotatable bonds is 5. The smallest absolute Gasteiger partial charge is 0.229 e. The summed E-state index contributed by atoms with van der Waals surface area (Å²) in [5.74, 6) is 0.717. The van der Waals surface area contributed by atoms with Crippen molar-refractivity contribution in [1.29, 1.82) is 0 Å². The fraction of sp³-hybridized carbons (Fsp3) is 0.179. The molecule has 4 aromatic rings. The molecule has 1 fully saturated rings. The minimum absolute atomic E-state index is 0.0406. The monoisotopic (exact) mass is 468 g/mol. The number of hydrogen-bond donors (Lipinski definition) is 1. The fourth-order valence-electron chi connectivity index (χ4n) is 4.36. The summed E-state index contributed by atoms with van der Waals surface area (Å²) in [6.45, 7) is 1.48. The van der Waals surface area contributed by atoms with Crippen LogP contribution in [0, 0.1) is 5.92 Å². The van der Waals surface area contributed by atoms with Crippen LogP contribution in [0.3, 0.4) is 0 Å². The lowest BCUT2D eigenvalue weighted by atomic mass is 9.96. The van der Waals surface area contributed by atoms with Crippen molar-refractivity contribution in [3.63, 3.8) is 0 Å². The lowest BCUT2D eigenvalue weighted by Crippen LogP contribution is -2.41. The third kappa shape index (κ3) is 4.95. The van der Waals surface area contributed by atoms with Crippen LogP contribution < -0.4 is 10.2 Å². The highest BCUT2D eigenvalue weighted by atomic mass is 35.5. The first-order chi connectivity index (χ1) is 16.7. The number of para-hydroxylation sites is 1. The van der Waals surface area contributed by atoms with Crippen LogP contribution in [0.1, 0.15) is 12.8 Å². The molecule has 6 heteroatoms. The summed E-state index contributed by atoms with van der Waals surface area (Å²) < 4.78 is 0. The minimum atomic E-state index is -0.115. The SMILES string of the molecule is O=C(Nc1ccccc1-c1ccccc1)C1CCCN(c2ccc(-c3ccc(Cl)cc3)nn2)C1. The molecule has 1 amide bonds. The van der Waals surface area contributed by atoms with Crippen LogP contribution in [-0.2, 0) is 4.79 Å². The molecule has 1 N–H and O–H groups in total. The Labute approximate surface area is 204 Å². The maximum Gasteiger partial charge on any atom is 0.229 e. The number of anilines is 2. The van der Waals surface area contributed by atoms with Crippen molar-refractivity contribution < 1.29 is 4.79 Å². The Morgan fingerprint density at radius 2 is 1.62 bits per heavy atom. The van der Waals surface area contributed by atoms with Crippen LogP contribution in [0.2, 0.25) is 5.02 Å². The zero-order valence-corrected chi connectivity index (χ0v) is 19.4. The largest absolute Gasteiger partial charge is 0.354 e. The molecule has 3 aromatic carbocycles. The lowest BCUT2D eigenvalue weighted by Gasteiger charge is -2.32. The van der Waals surface area contributed by atoms with Crippen molar-refractivity contribution in [3.05, 3.63) is 96.0 Å². The highest BCUT2D eigenvalue weighted by molar-refractivity contribution is 6.30. The first kappa shape index (κ1) is 22.1. The number of piperidine rings is 1. The maximum absolute atomic E-state index is 13.2. The molecule has 1 aromatic heterocycles. The standard InChI is InChI=1S/C28H25ClN4O/c29-23-14-12-21(13-15-23)25-16-17-27(32-31-25)33-18-6-9-22(19-33)28(34)30-26-11-5-4-10-24(26)20-7-2-1-3-8-20/h1-5,7-8,10-17,22H,6,9,18-19H2,(H,30,34). The van der Waals surface area contributed by atoms with E-state index in [1.54, 1.807) is 0 Å². The van der Waals surface area contributed by atoms with Crippen molar-refractivity contribution in [1.82, 2.24) is 10.2 Å². The summed E-state index contributed by atoms with van der Waals surface area (Å²) in [5.41, 5.74) is 4.70. The van der Waals surface area contributed by atoms with E-state index in [1.165, 1.54) is 0 Å². The van der Waals surface area contributed by atoms with E-state index in [9.17, 15) is 4.79 Å². The van der Waals surface area contributed by atoms with Gasteiger partial charge in [-0.25, -0.2) is 0 Å². The van der Waals surface area contributed by atoms with E-state index < -0.39 is 0 Å². The molecule has 5 nitrogen and oxygen atoms in total. The van der Waals surface area contributed by atoms with Crippen LogP contribution in [-0.4, -0.2) is 29.2 Å². The fourth-order valence-corrected chi connectivity index (χ4v) is 4.49. The van der Waals surface area contributed by atoms with E-state index in [1.807, 2.05) is 78.9 Å². The number of halogens is 1. The molecule has 0 saturated carbocycles. The molecule has 1 aliphatic heterocycles. The highest BCUT2D eigenvalue weighted by Gasteiger charge is 2.27. The first-order valence-corrected chi connectivity index (χ1v) is 11.8. The van der Waals surface area contributed by atoms with Gasteiger partial charge in [0.05, 0.1) is 11.6 Å². The molecular weight excluding hydrogens is 444 g/mol. The van der Waals surface area contributed by atoms with Crippen LogP contribution in [0.15, 0.2) is 91.0 Å². The van der Waals surface area contributed by atoms with Gasteiger partial charge in [-0.2, -0.15) is 0 Å². The molecule has 170 valence electrons. The van der Waals surface area contributed by atoms with Crippen molar-refractivity contribution in [2.24, 2.45) is 5.92 Å². The first-order valence-electron chi connectivity index (χ1n) is 11.5. The number of carbonyl (C=O) groups is 1. The van der Waals surface area contributed by atoms with Crippen LogP contribution in [0.25, 0.3) is 22.4 Å². The summed E-state index contributed by atoms with van der Waals surface area (Å²) in [6.07, 6.45) is 1.78. The van der Waals surface area contributed by atoms with Gasteiger partial charge in [0.25, 0.3) is 0 Å². The van der Waals surface area contributed by atoms with Crippen molar-refractivity contribution in [2.45, 2.75) is 12.8 Å².